The molecule has 0 fully saturated rings. The predicted molar refractivity (Wildman–Crippen MR) is 145 cm³/mol. The van der Waals surface area contributed by atoms with Crippen LogP contribution in [0.1, 0.15) is 60.4 Å². The van der Waals surface area contributed by atoms with E-state index in [2.05, 4.69) is 54.5 Å². The Kier molecular flexibility index (Phi) is 6.81. The number of nitrogens with zero attached hydrogens (tertiary/aromatic N) is 4. The molecule has 0 radical (unpaired) electrons. The number of para-hydroxylation sites is 1. The minimum atomic E-state index is -3.71. The molecule has 194 valence electrons. The number of rotatable bonds is 6. The molecule has 0 bridgehead atoms. The lowest BCUT2D eigenvalue weighted by atomic mass is 9.85. The Morgan fingerprint density at radius 3 is 2.62 bits per heavy atom. The van der Waals surface area contributed by atoms with E-state index in [1.165, 1.54) is 11.1 Å². The van der Waals surface area contributed by atoms with E-state index in [9.17, 15) is 8.42 Å². The molecule has 0 saturated heterocycles. The van der Waals surface area contributed by atoms with Crippen LogP contribution < -0.4 is 4.74 Å². The highest BCUT2D eigenvalue weighted by Gasteiger charge is 2.34. The second-order valence-corrected chi connectivity index (χ2v) is 11.8. The van der Waals surface area contributed by atoms with Crippen LogP contribution in [0.25, 0.3) is 11.0 Å². The molecule has 0 spiro atoms. The number of hydrogen-bond donors (Lipinski definition) is 0. The second-order valence-electron chi connectivity index (χ2n) is 9.90. The van der Waals surface area contributed by atoms with Crippen LogP contribution >= 0.6 is 0 Å². The van der Waals surface area contributed by atoms with E-state index in [1.807, 2.05) is 27.0 Å². The van der Waals surface area contributed by atoms with Crippen LogP contribution in [0.4, 0.5) is 0 Å². The molecular weight excluding hydrogens is 484 g/mol. The number of ether oxygens (including phenoxy) is 1. The Labute approximate surface area is 219 Å². The van der Waals surface area contributed by atoms with Gasteiger partial charge in [-0.1, -0.05) is 55.5 Å². The number of aromatic nitrogens is 3. The minimum Gasteiger partial charge on any atom is -0.488 e. The molecule has 1 aliphatic rings. The standard InChI is InChI=1S/C29H34N4O3S/c1-6-23-18-33(37(34,35)28-11-9-8-10-27(28)36-23)17-22-16-21(13-12-19(22)3)24(7-2)25-14-15-26-29(20(25)4)30-31-32(26)5/h8-16,23-24H,6-7,17-18H2,1-5H3/t23-,24?/m1/s1. The summed E-state index contributed by atoms with van der Waals surface area (Å²) < 4.78 is 36.9. The van der Waals surface area contributed by atoms with E-state index in [0.717, 1.165) is 40.6 Å². The Balaban J connectivity index is 1.53. The lowest BCUT2D eigenvalue weighted by molar-refractivity contribution is 0.168. The summed E-state index contributed by atoms with van der Waals surface area (Å²) >= 11 is 0. The molecule has 0 aliphatic carbocycles. The van der Waals surface area contributed by atoms with E-state index < -0.39 is 10.0 Å². The van der Waals surface area contributed by atoms with Crippen molar-refractivity contribution in [2.75, 3.05) is 6.54 Å². The third-order valence-corrected chi connectivity index (χ3v) is 9.46. The van der Waals surface area contributed by atoms with Crippen LogP contribution in [0, 0.1) is 13.8 Å². The lowest BCUT2D eigenvalue weighted by Gasteiger charge is -2.25. The van der Waals surface area contributed by atoms with Gasteiger partial charge in [0.05, 0.1) is 12.1 Å². The van der Waals surface area contributed by atoms with E-state index in [0.29, 0.717) is 18.8 Å². The summed E-state index contributed by atoms with van der Waals surface area (Å²) in [4.78, 5) is 0.235. The minimum absolute atomic E-state index is 0.166. The SMILES string of the molecule is CCC(c1ccc(C)c(CN2C[C@@H](CC)Oc3ccccc3S2(=O)=O)c1)c1ccc2c(nnn2C)c1C. The molecule has 0 N–H and O–H groups in total. The molecule has 1 unspecified atom stereocenters. The van der Waals surface area contributed by atoms with Gasteiger partial charge in [-0.15, -0.1) is 5.10 Å². The molecule has 37 heavy (non-hydrogen) atoms. The molecule has 1 aliphatic heterocycles. The maximum Gasteiger partial charge on any atom is 0.247 e. The lowest BCUT2D eigenvalue weighted by Crippen LogP contribution is -2.36. The fourth-order valence-corrected chi connectivity index (χ4v) is 6.90. The highest BCUT2D eigenvalue weighted by atomic mass is 32.2. The Morgan fingerprint density at radius 1 is 1.08 bits per heavy atom. The molecule has 2 atom stereocenters. The topological polar surface area (TPSA) is 77.3 Å². The van der Waals surface area contributed by atoms with Gasteiger partial charge in [0.1, 0.15) is 22.3 Å². The molecule has 7 nitrogen and oxygen atoms in total. The van der Waals surface area contributed by atoms with E-state index in [-0.39, 0.29) is 16.9 Å². The highest BCUT2D eigenvalue weighted by Crippen LogP contribution is 2.36. The summed E-state index contributed by atoms with van der Waals surface area (Å²) in [5.41, 5.74) is 7.54. The summed E-state index contributed by atoms with van der Waals surface area (Å²) in [6.07, 6.45) is 1.43. The maximum atomic E-state index is 13.7. The number of sulfonamides is 1. The van der Waals surface area contributed by atoms with Gasteiger partial charge in [-0.3, -0.25) is 0 Å². The van der Waals surface area contributed by atoms with Gasteiger partial charge < -0.3 is 4.74 Å². The monoisotopic (exact) mass is 518 g/mol. The van der Waals surface area contributed by atoms with Crippen molar-refractivity contribution in [2.24, 2.45) is 7.05 Å². The van der Waals surface area contributed by atoms with Crippen molar-refractivity contribution in [3.8, 4) is 5.75 Å². The van der Waals surface area contributed by atoms with Crippen molar-refractivity contribution < 1.29 is 13.2 Å². The van der Waals surface area contributed by atoms with Crippen molar-refractivity contribution in [3.05, 3.63) is 82.4 Å². The fraction of sp³-hybridized carbons (Fsp3) is 0.379. The van der Waals surface area contributed by atoms with Crippen molar-refractivity contribution in [3.63, 3.8) is 0 Å². The maximum absolute atomic E-state index is 13.7. The summed E-state index contributed by atoms with van der Waals surface area (Å²) in [5, 5.41) is 8.57. The van der Waals surface area contributed by atoms with Gasteiger partial charge in [-0.25, -0.2) is 13.1 Å². The van der Waals surface area contributed by atoms with Crippen LogP contribution in [0.2, 0.25) is 0 Å². The number of aryl methyl sites for hydroxylation is 3. The number of fused-ring (bicyclic) bond motifs is 2. The van der Waals surface area contributed by atoms with Crippen molar-refractivity contribution in [1.29, 1.82) is 0 Å². The third kappa shape index (κ3) is 4.53. The summed E-state index contributed by atoms with van der Waals surface area (Å²) in [6.45, 7) is 8.98. The molecule has 0 amide bonds. The van der Waals surface area contributed by atoms with Gasteiger partial charge in [0.25, 0.3) is 0 Å². The highest BCUT2D eigenvalue weighted by molar-refractivity contribution is 7.89. The molecule has 4 aromatic rings. The second kappa shape index (κ2) is 9.91. The largest absolute Gasteiger partial charge is 0.488 e. The Hall–Kier alpha value is -3.23. The summed E-state index contributed by atoms with van der Waals surface area (Å²) in [5.74, 6) is 0.599. The molecule has 3 aromatic carbocycles. The van der Waals surface area contributed by atoms with Crippen LogP contribution in [-0.2, 0) is 23.6 Å². The quantitative estimate of drug-likeness (QED) is 0.337. The molecule has 5 rings (SSSR count). The first kappa shape index (κ1) is 25.4. The smallest absolute Gasteiger partial charge is 0.247 e. The average molecular weight is 519 g/mol. The first-order valence-electron chi connectivity index (χ1n) is 12.9. The first-order valence-corrected chi connectivity index (χ1v) is 14.3. The summed E-state index contributed by atoms with van der Waals surface area (Å²) in [6, 6.07) is 17.7. The van der Waals surface area contributed by atoms with Crippen LogP contribution in [0.5, 0.6) is 5.75 Å². The third-order valence-electron chi connectivity index (χ3n) is 7.61. The average Bonchev–Trinajstić information content (AvgIpc) is 3.23. The number of hydrogen-bond acceptors (Lipinski definition) is 5. The van der Waals surface area contributed by atoms with Gasteiger partial charge in [-0.05, 0) is 72.7 Å². The van der Waals surface area contributed by atoms with Crippen LogP contribution in [-0.4, -0.2) is 40.4 Å². The van der Waals surface area contributed by atoms with Crippen molar-refractivity contribution >= 4 is 21.1 Å². The van der Waals surface area contributed by atoms with E-state index in [4.69, 9.17) is 4.74 Å². The van der Waals surface area contributed by atoms with Crippen molar-refractivity contribution in [2.45, 2.75) is 64.0 Å². The molecule has 2 heterocycles. The van der Waals surface area contributed by atoms with Gasteiger partial charge in [0, 0.05) is 19.5 Å². The van der Waals surface area contributed by atoms with Crippen molar-refractivity contribution in [1.82, 2.24) is 19.3 Å². The van der Waals surface area contributed by atoms with E-state index >= 15 is 0 Å². The molecular formula is C29H34N4O3S. The Bertz CT molecular complexity index is 1560. The fourth-order valence-electron chi connectivity index (χ4n) is 5.33. The zero-order valence-corrected chi connectivity index (χ0v) is 22.9. The zero-order valence-electron chi connectivity index (χ0n) is 22.1. The van der Waals surface area contributed by atoms with Gasteiger partial charge >= 0.3 is 0 Å². The molecule has 1 aromatic heterocycles. The van der Waals surface area contributed by atoms with Gasteiger partial charge in [-0.2, -0.15) is 4.31 Å². The van der Waals surface area contributed by atoms with Crippen LogP contribution in [0.15, 0.2) is 59.5 Å². The predicted octanol–water partition coefficient (Wildman–Crippen LogP) is 5.49. The van der Waals surface area contributed by atoms with Gasteiger partial charge in [0.15, 0.2) is 0 Å². The normalized spacial score (nSPS) is 18.2. The number of benzene rings is 3. The van der Waals surface area contributed by atoms with Crippen LogP contribution in [0.3, 0.4) is 0 Å². The Morgan fingerprint density at radius 2 is 1.86 bits per heavy atom. The zero-order chi connectivity index (χ0) is 26.3. The van der Waals surface area contributed by atoms with Gasteiger partial charge in [0.2, 0.25) is 10.0 Å². The van der Waals surface area contributed by atoms with E-state index in [1.54, 1.807) is 27.2 Å². The first-order chi connectivity index (χ1) is 17.7. The molecule has 0 saturated carbocycles. The molecule has 8 heteroatoms. The summed E-state index contributed by atoms with van der Waals surface area (Å²) in [7, 11) is -1.80.